The van der Waals surface area contributed by atoms with E-state index in [-0.39, 0.29) is 17.7 Å². The first-order chi connectivity index (χ1) is 14.7. The summed E-state index contributed by atoms with van der Waals surface area (Å²) >= 11 is 0. The molecular formula is C24H36N4O2. The van der Waals surface area contributed by atoms with E-state index in [0.29, 0.717) is 18.5 Å². The van der Waals surface area contributed by atoms with E-state index in [4.69, 9.17) is 0 Å². The average Bonchev–Trinajstić information content (AvgIpc) is 2.83. The van der Waals surface area contributed by atoms with Gasteiger partial charge in [0.1, 0.15) is 0 Å². The lowest BCUT2D eigenvalue weighted by Crippen LogP contribution is -2.52. The number of carbonyl (C=O) groups excluding carboxylic acids is 2. The topological polar surface area (TPSA) is 65.5 Å². The van der Waals surface area contributed by atoms with Crippen LogP contribution >= 0.6 is 0 Å². The number of likely N-dealkylation sites (tertiary alicyclic amines) is 2. The summed E-state index contributed by atoms with van der Waals surface area (Å²) in [6, 6.07) is 6.28. The van der Waals surface area contributed by atoms with Crippen LogP contribution in [0.25, 0.3) is 0 Å². The minimum Gasteiger partial charge on any atom is -0.350 e. The molecule has 3 aliphatic rings. The third-order valence-corrected chi connectivity index (χ3v) is 7.24. The molecule has 4 rings (SSSR count). The minimum absolute atomic E-state index is 0.0596. The van der Waals surface area contributed by atoms with Gasteiger partial charge in [-0.2, -0.15) is 0 Å². The Morgan fingerprint density at radius 1 is 0.933 bits per heavy atom. The second kappa shape index (κ2) is 10.4. The highest BCUT2D eigenvalue weighted by Gasteiger charge is 2.34. The minimum atomic E-state index is 0.0596. The smallest absolute Gasteiger partial charge is 0.225 e. The number of nitrogens with one attached hydrogen (secondary N) is 1. The van der Waals surface area contributed by atoms with E-state index in [0.717, 1.165) is 70.4 Å². The molecule has 6 nitrogen and oxygen atoms in total. The second-order valence-electron chi connectivity index (χ2n) is 9.26. The van der Waals surface area contributed by atoms with Gasteiger partial charge in [-0.3, -0.25) is 19.5 Å². The number of pyridine rings is 1. The zero-order chi connectivity index (χ0) is 20.8. The average molecular weight is 413 g/mol. The number of rotatable bonds is 5. The maximum absolute atomic E-state index is 12.8. The lowest BCUT2D eigenvalue weighted by Gasteiger charge is -2.42. The zero-order valence-electron chi connectivity index (χ0n) is 18.1. The summed E-state index contributed by atoms with van der Waals surface area (Å²) in [5.74, 6) is 0.885. The molecule has 3 fully saturated rings. The zero-order valence-corrected chi connectivity index (χ0v) is 18.1. The molecule has 0 aromatic carbocycles. The van der Waals surface area contributed by atoms with Crippen molar-refractivity contribution in [3.63, 3.8) is 0 Å². The maximum Gasteiger partial charge on any atom is 0.225 e. The fourth-order valence-electron chi connectivity index (χ4n) is 5.44. The Balaban J connectivity index is 1.23. The molecule has 1 N–H and O–H groups in total. The summed E-state index contributed by atoms with van der Waals surface area (Å²) in [5.41, 5.74) is 0.897. The molecule has 0 unspecified atom stereocenters. The number of carbonyl (C=O) groups is 2. The summed E-state index contributed by atoms with van der Waals surface area (Å²) in [4.78, 5) is 34.4. The number of aromatic nitrogens is 1. The van der Waals surface area contributed by atoms with E-state index < -0.39 is 0 Å². The molecule has 164 valence electrons. The summed E-state index contributed by atoms with van der Waals surface area (Å²) in [6.07, 6.45) is 11.8. The fourth-order valence-corrected chi connectivity index (χ4v) is 5.44. The highest BCUT2D eigenvalue weighted by atomic mass is 16.2. The summed E-state index contributed by atoms with van der Waals surface area (Å²) in [5, 5.41) is 3.07. The van der Waals surface area contributed by atoms with Gasteiger partial charge in [0.15, 0.2) is 0 Å². The maximum atomic E-state index is 12.8. The van der Waals surface area contributed by atoms with Crippen molar-refractivity contribution in [1.82, 2.24) is 20.1 Å². The van der Waals surface area contributed by atoms with Crippen molar-refractivity contribution < 1.29 is 9.59 Å². The van der Waals surface area contributed by atoms with Crippen molar-refractivity contribution in [2.45, 2.75) is 70.4 Å². The van der Waals surface area contributed by atoms with Gasteiger partial charge in [-0.25, -0.2) is 0 Å². The number of amides is 2. The summed E-state index contributed by atoms with van der Waals surface area (Å²) in [6.45, 7) is 4.18. The van der Waals surface area contributed by atoms with Gasteiger partial charge in [0.2, 0.25) is 11.8 Å². The van der Waals surface area contributed by atoms with Crippen LogP contribution in [-0.2, 0) is 16.1 Å². The van der Waals surface area contributed by atoms with Crippen molar-refractivity contribution >= 4 is 11.8 Å². The Kier molecular flexibility index (Phi) is 7.37. The molecule has 1 saturated carbocycles. The highest BCUT2D eigenvalue weighted by Crippen LogP contribution is 2.28. The van der Waals surface area contributed by atoms with Gasteiger partial charge in [0.25, 0.3) is 0 Å². The summed E-state index contributed by atoms with van der Waals surface area (Å²) in [7, 11) is 0. The van der Waals surface area contributed by atoms with E-state index in [1.54, 1.807) is 6.20 Å². The predicted molar refractivity (Wildman–Crippen MR) is 117 cm³/mol. The van der Waals surface area contributed by atoms with E-state index in [2.05, 4.69) is 20.1 Å². The van der Waals surface area contributed by atoms with Crippen LogP contribution in [0.3, 0.4) is 0 Å². The summed E-state index contributed by atoms with van der Waals surface area (Å²) < 4.78 is 0. The molecule has 6 heteroatoms. The molecule has 2 amide bonds. The van der Waals surface area contributed by atoms with E-state index >= 15 is 0 Å². The van der Waals surface area contributed by atoms with Crippen molar-refractivity contribution in [3.8, 4) is 0 Å². The molecule has 0 spiro atoms. The normalized spacial score (nSPS) is 24.5. The fraction of sp³-hybridized carbons (Fsp3) is 0.708. The van der Waals surface area contributed by atoms with E-state index in [1.165, 1.54) is 19.3 Å². The number of hydrogen-bond donors (Lipinski definition) is 1. The monoisotopic (exact) mass is 412 g/mol. The first-order valence-electron chi connectivity index (χ1n) is 11.9. The molecule has 0 bridgehead atoms. The van der Waals surface area contributed by atoms with Gasteiger partial charge in [-0.05, 0) is 57.2 Å². The molecule has 0 radical (unpaired) electrons. The number of nitrogens with zero attached hydrogens (tertiary/aromatic N) is 3. The Bertz CT molecular complexity index is 696. The molecule has 1 atom stereocenters. The molecule has 2 aliphatic heterocycles. The largest absolute Gasteiger partial charge is 0.350 e. The molecule has 30 heavy (non-hydrogen) atoms. The van der Waals surface area contributed by atoms with Crippen LogP contribution in [0.15, 0.2) is 24.4 Å². The standard InChI is InChI=1S/C24H36N4O2/c29-23(26-17-21-10-4-5-13-25-21)20-9-6-14-28(18-20)22-11-15-27(16-12-22)24(30)19-7-2-1-3-8-19/h4-5,10,13,19-20,22H,1-3,6-9,11-12,14-18H2,(H,26,29)/t20-/m0/s1. The Morgan fingerprint density at radius 2 is 1.70 bits per heavy atom. The molecule has 1 aliphatic carbocycles. The van der Waals surface area contributed by atoms with Crippen molar-refractivity contribution in [1.29, 1.82) is 0 Å². The van der Waals surface area contributed by atoms with Crippen LogP contribution in [0.2, 0.25) is 0 Å². The second-order valence-corrected chi connectivity index (χ2v) is 9.26. The van der Waals surface area contributed by atoms with Gasteiger partial charge >= 0.3 is 0 Å². The molecule has 3 heterocycles. The van der Waals surface area contributed by atoms with Gasteiger partial charge in [-0.1, -0.05) is 25.3 Å². The Morgan fingerprint density at radius 3 is 2.43 bits per heavy atom. The van der Waals surface area contributed by atoms with E-state index in [9.17, 15) is 9.59 Å². The van der Waals surface area contributed by atoms with Gasteiger partial charge < -0.3 is 10.2 Å². The van der Waals surface area contributed by atoms with Crippen LogP contribution in [0.1, 0.15) is 63.5 Å². The van der Waals surface area contributed by atoms with Crippen molar-refractivity contribution in [2.24, 2.45) is 11.8 Å². The molecular weight excluding hydrogens is 376 g/mol. The SMILES string of the molecule is O=C(NCc1ccccn1)[C@H]1CCCN(C2CCN(C(=O)C3CCCCC3)CC2)C1. The third kappa shape index (κ3) is 5.39. The van der Waals surface area contributed by atoms with Crippen LogP contribution in [-0.4, -0.2) is 58.8 Å². The van der Waals surface area contributed by atoms with Crippen LogP contribution in [0.5, 0.6) is 0 Å². The number of piperidine rings is 2. The first kappa shape index (κ1) is 21.3. The Hall–Kier alpha value is -1.95. The highest BCUT2D eigenvalue weighted by molar-refractivity contribution is 5.79. The van der Waals surface area contributed by atoms with Crippen LogP contribution in [0, 0.1) is 11.8 Å². The molecule has 1 aromatic heterocycles. The predicted octanol–water partition coefficient (Wildman–Crippen LogP) is 2.98. The molecule has 1 aromatic rings. The van der Waals surface area contributed by atoms with Crippen LogP contribution in [0.4, 0.5) is 0 Å². The Labute approximate surface area is 180 Å². The quantitative estimate of drug-likeness (QED) is 0.807. The van der Waals surface area contributed by atoms with Crippen molar-refractivity contribution in [3.05, 3.63) is 30.1 Å². The van der Waals surface area contributed by atoms with Gasteiger partial charge in [0, 0.05) is 37.8 Å². The lowest BCUT2D eigenvalue weighted by atomic mass is 9.87. The third-order valence-electron chi connectivity index (χ3n) is 7.24. The lowest BCUT2D eigenvalue weighted by molar-refractivity contribution is -0.138. The van der Waals surface area contributed by atoms with E-state index in [1.807, 2.05) is 18.2 Å². The molecule has 2 saturated heterocycles. The van der Waals surface area contributed by atoms with Gasteiger partial charge in [-0.15, -0.1) is 0 Å². The van der Waals surface area contributed by atoms with Crippen LogP contribution < -0.4 is 5.32 Å². The van der Waals surface area contributed by atoms with Crippen molar-refractivity contribution in [2.75, 3.05) is 26.2 Å². The number of hydrogen-bond acceptors (Lipinski definition) is 4. The van der Waals surface area contributed by atoms with Gasteiger partial charge in [0.05, 0.1) is 18.2 Å². The first-order valence-corrected chi connectivity index (χ1v) is 11.9.